The number of hydrogen-bond acceptors (Lipinski definition) is 6. The summed E-state index contributed by atoms with van der Waals surface area (Å²) in [5.41, 5.74) is 6.26. The molecule has 0 heterocycles. The van der Waals surface area contributed by atoms with E-state index in [9.17, 15) is 14.4 Å². The number of ether oxygens (including phenoxy) is 2. The molecule has 0 aliphatic heterocycles. The van der Waals surface area contributed by atoms with Crippen molar-refractivity contribution in [3.05, 3.63) is 35.9 Å². The number of hydrogen-bond donors (Lipinski definition) is 3. The second kappa shape index (κ2) is 11.3. The van der Waals surface area contributed by atoms with Crippen LogP contribution in [0.15, 0.2) is 30.3 Å². The first-order valence-electron chi connectivity index (χ1n) is 9.27. The Bertz CT molecular complexity index is 643. The highest BCUT2D eigenvalue weighted by Gasteiger charge is 2.23. The lowest BCUT2D eigenvalue weighted by molar-refractivity contribution is -0.140. The molecule has 2 unspecified atom stereocenters. The van der Waals surface area contributed by atoms with Gasteiger partial charge in [-0.3, -0.25) is 9.59 Å². The molecule has 1 aromatic rings. The first-order chi connectivity index (χ1) is 13.1. The number of carbonyl (C=O) groups excluding carboxylic acids is 3. The van der Waals surface area contributed by atoms with Crippen LogP contribution in [-0.2, 0) is 25.5 Å². The number of nitrogens with one attached hydrogen (secondary N) is 2. The van der Waals surface area contributed by atoms with Gasteiger partial charge in [0.15, 0.2) is 0 Å². The predicted octanol–water partition coefficient (Wildman–Crippen LogP) is 1.87. The quantitative estimate of drug-likeness (QED) is 0.435. The van der Waals surface area contributed by atoms with Crippen LogP contribution >= 0.6 is 0 Å². The van der Waals surface area contributed by atoms with Crippen molar-refractivity contribution < 1.29 is 23.9 Å². The van der Waals surface area contributed by atoms with E-state index in [-0.39, 0.29) is 12.4 Å². The molecule has 0 spiro atoms. The fourth-order valence-corrected chi connectivity index (χ4v) is 2.42. The second-order valence-corrected chi connectivity index (χ2v) is 7.47. The summed E-state index contributed by atoms with van der Waals surface area (Å²) < 4.78 is 9.84. The van der Waals surface area contributed by atoms with E-state index in [2.05, 4.69) is 15.4 Å². The summed E-state index contributed by atoms with van der Waals surface area (Å²) in [5.74, 6) is -0.758. The SMILES string of the molecule is COC(=O)CCCC(NC(=O)OC(C)(C)C)NC(=O)C(N)Cc1ccccc1. The maximum Gasteiger partial charge on any atom is 0.409 e. The Kier molecular flexibility index (Phi) is 9.44. The van der Waals surface area contributed by atoms with Gasteiger partial charge in [0.05, 0.1) is 13.2 Å². The Balaban J connectivity index is 2.66. The molecule has 0 aliphatic carbocycles. The van der Waals surface area contributed by atoms with Crippen LogP contribution in [-0.4, -0.2) is 42.9 Å². The van der Waals surface area contributed by atoms with Crippen LogP contribution in [0.2, 0.25) is 0 Å². The summed E-state index contributed by atoms with van der Waals surface area (Å²) in [6.07, 6.45) is -0.0797. The smallest absolute Gasteiger partial charge is 0.409 e. The third kappa shape index (κ3) is 9.91. The third-order valence-electron chi connectivity index (χ3n) is 3.74. The molecular formula is C20H31N3O5. The van der Waals surface area contributed by atoms with Crippen LogP contribution in [0.25, 0.3) is 0 Å². The zero-order valence-electron chi connectivity index (χ0n) is 17.0. The van der Waals surface area contributed by atoms with Gasteiger partial charge in [-0.1, -0.05) is 30.3 Å². The first kappa shape index (κ1) is 23.4. The van der Waals surface area contributed by atoms with Crippen molar-refractivity contribution in [1.82, 2.24) is 10.6 Å². The van der Waals surface area contributed by atoms with Gasteiger partial charge in [0, 0.05) is 6.42 Å². The topological polar surface area (TPSA) is 120 Å². The van der Waals surface area contributed by atoms with Crippen LogP contribution in [0, 0.1) is 0 Å². The van der Waals surface area contributed by atoms with Crippen LogP contribution < -0.4 is 16.4 Å². The molecule has 0 bridgehead atoms. The van der Waals surface area contributed by atoms with Crippen LogP contribution in [0.4, 0.5) is 4.79 Å². The van der Waals surface area contributed by atoms with Gasteiger partial charge in [-0.05, 0) is 45.6 Å². The molecule has 0 saturated carbocycles. The average molecular weight is 393 g/mol. The summed E-state index contributed by atoms with van der Waals surface area (Å²) in [4.78, 5) is 35.8. The molecule has 8 nitrogen and oxygen atoms in total. The highest BCUT2D eigenvalue weighted by molar-refractivity contribution is 5.82. The maximum atomic E-state index is 12.5. The number of amides is 2. The van der Waals surface area contributed by atoms with Gasteiger partial charge in [-0.25, -0.2) is 4.79 Å². The van der Waals surface area contributed by atoms with Gasteiger partial charge >= 0.3 is 12.1 Å². The predicted molar refractivity (Wildman–Crippen MR) is 105 cm³/mol. The molecule has 0 radical (unpaired) electrons. The van der Waals surface area contributed by atoms with Crippen molar-refractivity contribution in [3.8, 4) is 0 Å². The van der Waals surface area contributed by atoms with E-state index in [4.69, 9.17) is 10.5 Å². The van der Waals surface area contributed by atoms with Crippen molar-refractivity contribution in [2.24, 2.45) is 5.73 Å². The Morgan fingerprint density at radius 3 is 2.32 bits per heavy atom. The summed E-state index contributed by atoms with van der Waals surface area (Å²) in [6.45, 7) is 5.23. The highest BCUT2D eigenvalue weighted by Crippen LogP contribution is 2.08. The van der Waals surface area contributed by atoms with Gasteiger partial charge in [0.2, 0.25) is 5.91 Å². The number of alkyl carbamates (subject to hydrolysis) is 1. The van der Waals surface area contributed by atoms with Crippen LogP contribution in [0.3, 0.4) is 0 Å². The Hall–Kier alpha value is -2.61. The molecule has 1 aromatic carbocycles. The number of benzene rings is 1. The molecular weight excluding hydrogens is 362 g/mol. The molecule has 28 heavy (non-hydrogen) atoms. The lowest BCUT2D eigenvalue weighted by atomic mass is 10.1. The molecule has 2 atom stereocenters. The number of nitrogens with two attached hydrogens (primary N) is 1. The Labute approximate surface area is 166 Å². The van der Waals surface area contributed by atoms with E-state index < -0.39 is 29.8 Å². The zero-order chi connectivity index (χ0) is 21.2. The molecule has 2 amide bonds. The fraction of sp³-hybridized carbons (Fsp3) is 0.550. The minimum absolute atomic E-state index is 0.176. The van der Waals surface area contributed by atoms with Crippen molar-refractivity contribution in [3.63, 3.8) is 0 Å². The van der Waals surface area contributed by atoms with Crippen molar-refractivity contribution >= 4 is 18.0 Å². The van der Waals surface area contributed by atoms with Crippen LogP contribution in [0.5, 0.6) is 0 Å². The second-order valence-electron chi connectivity index (χ2n) is 7.47. The Morgan fingerprint density at radius 1 is 1.11 bits per heavy atom. The average Bonchev–Trinajstić information content (AvgIpc) is 2.60. The highest BCUT2D eigenvalue weighted by atomic mass is 16.6. The molecule has 0 aromatic heterocycles. The monoisotopic (exact) mass is 393 g/mol. The largest absolute Gasteiger partial charge is 0.469 e. The van der Waals surface area contributed by atoms with E-state index in [1.54, 1.807) is 20.8 Å². The lowest BCUT2D eigenvalue weighted by Crippen LogP contribution is -2.53. The lowest BCUT2D eigenvalue weighted by Gasteiger charge is -2.25. The molecule has 1 rings (SSSR count). The molecule has 0 aliphatic rings. The minimum atomic E-state index is -0.772. The van der Waals surface area contributed by atoms with Crippen molar-refractivity contribution in [2.45, 2.75) is 64.3 Å². The van der Waals surface area contributed by atoms with E-state index in [0.29, 0.717) is 19.3 Å². The first-order valence-corrected chi connectivity index (χ1v) is 9.27. The van der Waals surface area contributed by atoms with Crippen molar-refractivity contribution in [1.29, 1.82) is 0 Å². The van der Waals surface area contributed by atoms with Crippen LogP contribution in [0.1, 0.15) is 45.6 Å². The maximum absolute atomic E-state index is 12.5. The van der Waals surface area contributed by atoms with Gasteiger partial charge in [0.25, 0.3) is 0 Å². The molecule has 4 N–H and O–H groups in total. The number of esters is 1. The summed E-state index contributed by atoms with van der Waals surface area (Å²) in [5, 5.41) is 5.33. The number of carbonyl (C=O) groups is 3. The van der Waals surface area contributed by atoms with E-state index in [1.807, 2.05) is 30.3 Å². The van der Waals surface area contributed by atoms with E-state index in [1.165, 1.54) is 7.11 Å². The fourth-order valence-electron chi connectivity index (χ4n) is 2.42. The summed E-state index contributed by atoms with van der Waals surface area (Å²) >= 11 is 0. The Morgan fingerprint density at radius 2 is 1.75 bits per heavy atom. The standard InChI is InChI=1S/C20H31N3O5/c1-20(2,3)28-19(26)23-16(11-8-12-17(24)27-4)22-18(25)15(21)13-14-9-6-5-7-10-14/h5-7,9-10,15-16H,8,11-13,21H2,1-4H3,(H,22,25)(H,23,26). The third-order valence-corrected chi connectivity index (χ3v) is 3.74. The van der Waals surface area contributed by atoms with Gasteiger partial charge in [0.1, 0.15) is 11.8 Å². The van der Waals surface area contributed by atoms with E-state index >= 15 is 0 Å². The molecule has 156 valence electrons. The number of methoxy groups -OCH3 is 1. The zero-order valence-corrected chi connectivity index (χ0v) is 17.0. The van der Waals surface area contributed by atoms with Gasteiger partial charge in [-0.2, -0.15) is 0 Å². The number of rotatable bonds is 9. The molecule has 0 saturated heterocycles. The summed E-state index contributed by atoms with van der Waals surface area (Å²) in [7, 11) is 1.31. The normalized spacial score (nSPS) is 13.2. The minimum Gasteiger partial charge on any atom is -0.469 e. The summed E-state index contributed by atoms with van der Waals surface area (Å²) in [6, 6.07) is 8.64. The molecule has 8 heteroatoms. The molecule has 0 fully saturated rings. The van der Waals surface area contributed by atoms with Gasteiger partial charge < -0.3 is 25.8 Å². The van der Waals surface area contributed by atoms with E-state index in [0.717, 1.165) is 5.56 Å². The van der Waals surface area contributed by atoms with Gasteiger partial charge in [-0.15, -0.1) is 0 Å². The van der Waals surface area contributed by atoms with Crippen molar-refractivity contribution in [2.75, 3.05) is 7.11 Å².